The molecule has 7 nitrogen and oxygen atoms in total. The zero-order valence-electron chi connectivity index (χ0n) is 14.1. The molecule has 1 aliphatic rings. The molecule has 1 atom stereocenters. The van der Waals surface area contributed by atoms with Gasteiger partial charge in [0.2, 0.25) is 10.0 Å². The Kier molecular flexibility index (Phi) is 5.10. The number of carbonyl (C=O) groups is 1. The normalized spacial score (nSPS) is 20.1. The molecule has 0 radical (unpaired) electrons. The van der Waals surface area contributed by atoms with E-state index >= 15 is 0 Å². The van der Waals surface area contributed by atoms with Gasteiger partial charge in [0.1, 0.15) is 0 Å². The first-order valence-corrected chi connectivity index (χ1v) is 9.77. The molecule has 2 aromatic rings. The predicted octanol–water partition coefficient (Wildman–Crippen LogP) is 0.455. The molecule has 5 N–H and O–H groups in total. The second-order valence-electron chi connectivity index (χ2n) is 6.46. The first kappa shape index (κ1) is 18.5. The fourth-order valence-corrected chi connectivity index (χ4v) is 3.77. The van der Waals surface area contributed by atoms with Gasteiger partial charge in [-0.25, -0.2) is 13.6 Å². The van der Waals surface area contributed by atoms with E-state index in [0.29, 0.717) is 36.2 Å². The van der Waals surface area contributed by atoms with Crippen LogP contribution in [-0.4, -0.2) is 44.7 Å². The molecule has 0 aliphatic carbocycles. The minimum absolute atomic E-state index is 0.00361. The molecular weight excluding hydrogens is 354 g/mol. The fourth-order valence-electron chi connectivity index (χ4n) is 3.01. The molecule has 2 aromatic carbocycles. The van der Waals surface area contributed by atoms with Crippen LogP contribution in [0.5, 0.6) is 0 Å². The maximum atomic E-state index is 12.4. The van der Waals surface area contributed by atoms with E-state index < -0.39 is 15.6 Å². The second-order valence-corrected chi connectivity index (χ2v) is 7.99. The third-order valence-electron chi connectivity index (χ3n) is 4.43. The lowest BCUT2D eigenvalue weighted by Crippen LogP contribution is -2.44. The topological polar surface area (TPSA) is 122 Å². The van der Waals surface area contributed by atoms with Gasteiger partial charge >= 0.3 is 0 Å². The summed E-state index contributed by atoms with van der Waals surface area (Å²) in [5.74, 6) is -0.333. The van der Waals surface area contributed by atoms with Gasteiger partial charge < -0.3 is 15.7 Å². The van der Waals surface area contributed by atoms with Crippen molar-refractivity contribution in [1.29, 1.82) is 0 Å². The van der Waals surface area contributed by atoms with E-state index in [9.17, 15) is 18.3 Å². The van der Waals surface area contributed by atoms with Gasteiger partial charge in [0.15, 0.2) is 0 Å². The van der Waals surface area contributed by atoms with Crippen LogP contribution in [0.15, 0.2) is 53.4 Å². The third kappa shape index (κ3) is 4.10. The summed E-state index contributed by atoms with van der Waals surface area (Å²) in [6.07, 6.45) is 0.578. The number of β-amino-alcohol motifs (C(OH)–C–C–N with tert-alkyl or cyclic N) is 1. The van der Waals surface area contributed by atoms with Gasteiger partial charge in [0.25, 0.3) is 5.91 Å². The van der Waals surface area contributed by atoms with Crippen molar-refractivity contribution < 1.29 is 18.3 Å². The summed E-state index contributed by atoms with van der Waals surface area (Å²) in [5, 5.41) is 21.4. The Labute approximate surface area is 152 Å². The highest BCUT2D eigenvalue weighted by atomic mass is 32.2. The fraction of sp³-hybridized carbons (Fsp3) is 0.278. The molecule has 26 heavy (non-hydrogen) atoms. The van der Waals surface area contributed by atoms with Crippen molar-refractivity contribution >= 4 is 15.9 Å². The number of sulfonamides is 1. The zero-order chi connectivity index (χ0) is 18.8. The van der Waals surface area contributed by atoms with Crippen LogP contribution in [0.3, 0.4) is 0 Å². The molecule has 1 amide bonds. The lowest BCUT2D eigenvalue weighted by molar-refractivity contribution is 0.0562. The van der Waals surface area contributed by atoms with Crippen LogP contribution in [0, 0.1) is 0 Å². The van der Waals surface area contributed by atoms with E-state index in [1.165, 1.54) is 6.07 Å². The largest absolute Gasteiger partial charge is 0.387 e. The van der Waals surface area contributed by atoms with Crippen LogP contribution in [0.1, 0.15) is 16.8 Å². The number of nitrogens with two attached hydrogens (primary N) is 1. The maximum Gasteiger partial charge on any atom is 0.251 e. The highest BCUT2D eigenvalue weighted by Crippen LogP contribution is 2.27. The highest BCUT2D eigenvalue weighted by Gasteiger charge is 2.31. The van der Waals surface area contributed by atoms with Gasteiger partial charge in [-0.2, -0.15) is 0 Å². The Bertz CT molecular complexity index is 922. The minimum atomic E-state index is -3.88. The summed E-state index contributed by atoms with van der Waals surface area (Å²) in [6, 6.07) is 13.0. The second kappa shape index (κ2) is 7.16. The first-order chi connectivity index (χ1) is 12.3. The summed E-state index contributed by atoms with van der Waals surface area (Å²) in [4.78, 5) is 12.4. The Morgan fingerprint density at radius 1 is 1.23 bits per heavy atom. The van der Waals surface area contributed by atoms with Crippen molar-refractivity contribution in [3.05, 3.63) is 54.1 Å². The summed E-state index contributed by atoms with van der Waals surface area (Å²) >= 11 is 0. The Morgan fingerprint density at radius 3 is 2.69 bits per heavy atom. The van der Waals surface area contributed by atoms with Crippen LogP contribution in [0.2, 0.25) is 0 Å². The van der Waals surface area contributed by atoms with Crippen LogP contribution in [-0.2, 0) is 10.0 Å². The van der Waals surface area contributed by atoms with Crippen molar-refractivity contribution in [2.75, 3.05) is 19.6 Å². The number of hydrogen-bond acceptors (Lipinski definition) is 5. The molecule has 0 aromatic heterocycles. The molecule has 0 bridgehead atoms. The summed E-state index contributed by atoms with van der Waals surface area (Å²) in [7, 11) is -3.88. The van der Waals surface area contributed by atoms with Gasteiger partial charge in [0.05, 0.1) is 10.5 Å². The number of amides is 1. The number of hydrogen-bond donors (Lipinski definition) is 4. The average molecular weight is 375 g/mol. The number of nitrogens with one attached hydrogen (secondary N) is 2. The van der Waals surface area contributed by atoms with Gasteiger partial charge in [-0.05, 0) is 36.7 Å². The molecule has 1 fully saturated rings. The number of rotatable bonds is 5. The van der Waals surface area contributed by atoms with Crippen molar-refractivity contribution in [1.82, 2.24) is 10.6 Å². The monoisotopic (exact) mass is 375 g/mol. The quantitative estimate of drug-likeness (QED) is 0.605. The van der Waals surface area contributed by atoms with Crippen LogP contribution >= 0.6 is 0 Å². The van der Waals surface area contributed by atoms with Crippen LogP contribution in [0.25, 0.3) is 11.1 Å². The van der Waals surface area contributed by atoms with Crippen molar-refractivity contribution in [3.8, 4) is 11.1 Å². The number of benzene rings is 2. The van der Waals surface area contributed by atoms with E-state index in [0.717, 1.165) is 0 Å². The molecular formula is C18H21N3O4S. The molecule has 3 rings (SSSR count). The molecule has 8 heteroatoms. The molecule has 138 valence electrons. The summed E-state index contributed by atoms with van der Waals surface area (Å²) in [5.41, 5.74) is 0.445. The van der Waals surface area contributed by atoms with E-state index in [2.05, 4.69) is 10.6 Å². The molecule has 1 aliphatic heterocycles. The summed E-state index contributed by atoms with van der Waals surface area (Å²) in [6.45, 7) is 1.30. The predicted molar refractivity (Wildman–Crippen MR) is 98.0 cm³/mol. The third-order valence-corrected chi connectivity index (χ3v) is 5.40. The maximum absolute atomic E-state index is 12.4. The molecule has 0 spiro atoms. The zero-order valence-corrected chi connectivity index (χ0v) is 14.9. The highest BCUT2D eigenvalue weighted by molar-refractivity contribution is 7.89. The van der Waals surface area contributed by atoms with Crippen LogP contribution in [0.4, 0.5) is 0 Å². The molecule has 0 unspecified atom stereocenters. The summed E-state index contributed by atoms with van der Waals surface area (Å²) < 4.78 is 23.6. The Balaban J connectivity index is 1.84. The van der Waals surface area contributed by atoms with Crippen molar-refractivity contribution in [2.45, 2.75) is 16.9 Å². The van der Waals surface area contributed by atoms with Gasteiger partial charge in [0, 0.05) is 24.2 Å². The lowest BCUT2D eigenvalue weighted by Gasteiger charge is -2.21. The van der Waals surface area contributed by atoms with Crippen molar-refractivity contribution in [3.63, 3.8) is 0 Å². The van der Waals surface area contributed by atoms with Gasteiger partial charge in [-0.1, -0.05) is 30.3 Å². The van der Waals surface area contributed by atoms with Gasteiger partial charge in [-0.3, -0.25) is 4.79 Å². The smallest absolute Gasteiger partial charge is 0.251 e. The van der Waals surface area contributed by atoms with Crippen LogP contribution < -0.4 is 15.8 Å². The van der Waals surface area contributed by atoms with E-state index in [4.69, 9.17) is 5.14 Å². The first-order valence-electron chi connectivity index (χ1n) is 8.22. The van der Waals surface area contributed by atoms with E-state index in [-0.39, 0.29) is 17.3 Å². The molecule has 0 saturated carbocycles. The SMILES string of the molecule is NS(=O)(=O)c1ccccc1-c1cccc(C(=O)NC[C@]2(O)CCNC2)c1. The van der Waals surface area contributed by atoms with E-state index in [1.807, 2.05) is 0 Å². The number of primary sulfonamides is 1. The average Bonchev–Trinajstić information content (AvgIpc) is 3.06. The Hall–Kier alpha value is -2.26. The van der Waals surface area contributed by atoms with Crippen molar-refractivity contribution in [2.24, 2.45) is 5.14 Å². The molecule has 1 heterocycles. The molecule has 1 saturated heterocycles. The van der Waals surface area contributed by atoms with E-state index in [1.54, 1.807) is 42.5 Å². The number of carbonyl (C=O) groups excluding carboxylic acids is 1. The number of aliphatic hydroxyl groups is 1. The minimum Gasteiger partial charge on any atom is -0.387 e. The lowest BCUT2D eigenvalue weighted by atomic mass is 10.0. The Morgan fingerprint density at radius 2 is 2.00 bits per heavy atom. The van der Waals surface area contributed by atoms with Gasteiger partial charge in [-0.15, -0.1) is 0 Å². The standard InChI is InChI=1S/C18H21N3O4S/c19-26(24,25)16-7-2-1-6-15(16)13-4-3-5-14(10-13)17(22)21-12-18(23)8-9-20-11-18/h1-7,10,20,23H,8-9,11-12H2,(H,21,22)(H2,19,24,25)/t18-/m0/s1.